The van der Waals surface area contributed by atoms with E-state index in [0.717, 1.165) is 22.2 Å². The molecule has 3 N–H and O–H groups in total. The van der Waals surface area contributed by atoms with Crippen molar-refractivity contribution in [2.24, 2.45) is 0 Å². The zero-order valence-corrected chi connectivity index (χ0v) is 16.3. The molecule has 0 fully saturated rings. The van der Waals surface area contributed by atoms with Gasteiger partial charge >= 0.3 is 5.97 Å². The Morgan fingerprint density at radius 2 is 1.97 bits per heavy atom. The summed E-state index contributed by atoms with van der Waals surface area (Å²) in [4.78, 5) is 30.2. The number of benzene rings is 2. The van der Waals surface area contributed by atoms with E-state index in [1.165, 1.54) is 24.1 Å². The lowest BCUT2D eigenvalue weighted by Crippen LogP contribution is -2.52. The Kier molecular flexibility index (Phi) is 4.84. The first kappa shape index (κ1) is 19.1. The molecule has 1 amide bonds. The third-order valence-electron chi connectivity index (χ3n) is 5.32. The van der Waals surface area contributed by atoms with Gasteiger partial charge in [-0.05, 0) is 29.3 Å². The van der Waals surface area contributed by atoms with Gasteiger partial charge in [0.25, 0.3) is 0 Å². The fourth-order valence-corrected chi connectivity index (χ4v) is 4.18. The van der Waals surface area contributed by atoms with Gasteiger partial charge in [-0.2, -0.15) is 0 Å². The molecule has 1 aliphatic rings. The third kappa shape index (κ3) is 3.07. The number of methoxy groups -OCH3 is 1. The van der Waals surface area contributed by atoms with Gasteiger partial charge < -0.3 is 24.8 Å². The van der Waals surface area contributed by atoms with Crippen LogP contribution in [0.2, 0.25) is 0 Å². The van der Waals surface area contributed by atoms with Gasteiger partial charge in [0.2, 0.25) is 5.91 Å². The van der Waals surface area contributed by atoms with E-state index in [0.29, 0.717) is 5.56 Å². The summed E-state index contributed by atoms with van der Waals surface area (Å²) in [7, 11) is 1.28. The highest BCUT2D eigenvalue weighted by molar-refractivity contribution is 6.27. The first-order chi connectivity index (χ1) is 14.0. The second-order valence-corrected chi connectivity index (χ2v) is 7.16. The zero-order valence-electron chi connectivity index (χ0n) is 15.6. The fourth-order valence-electron chi connectivity index (χ4n) is 4.04. The molecule has 4 rings (SSSR count). The lowest BCUT2D eigenvalue weighted by Gasteiger charge is -2.40. The van der Waals surface area contributed by atoms with Crippen LogP contribution >= 0.6 is 11.6 Å². The highest BCUT2D eigenvalue weighted by atomic mass is 35.5. The van der Waals surface area contributed by atoms with Crippen molar-refractivity contribution in [1.82, 2.24) is 9.88 Å². The summed E-state index contributed by atoms with van der Waals surface area (Å²) < 4.78 is 4.97. The van der Waals surface area contributed by atoms with Crippen LogP contribution in [-0.4, -0.2) is 51.0 Å². The highest BCUT2D eigenvalue weighted by Gasteiger charge is 2.43. The van der Waals surface area contributed by atoms with Crippen LogP contribution in [0.4, 0.5) is 0 Å². The molecule has 0 saturated carbocycles. The third-order valence-corrected chi connectivity index (χ3v) is 5.55. The molecule has 29 heavy (non-hydrogen) atoms. The molecular weight excluding hydrogens is 396 g/mol. The van der Waals surface area contributed by atoms with E-state index in [1.54, 1.807) is 6.07 Å². The summed E-state index contributed by atoms with van der Waals surface area (Å²) in [6.45, 7) is 0. The smallest absolute Gasteiger partial charge is 0.328 e. The number of aromatic amines is 1. The molecule has 0 saturated heterocycles. The number of halogens is 1. The maximum atomic E-state index is 12.8. The number of nitrogens with zero attached hydrogens (tertiary/aromatic N) is 1. The van der Waals surface area contributed by atoms with Crippen molar-refractivity contribution < 1.29 is 24.5 Å². The van der Waals surface area contributed by atoms with E-state index in [1.807, 2.05) is 24.3 Å². The van der Waals surface area contributed by atoms with Gasteiger partial charge in [-0.15, -0.1) is 11.6 Å². The van der Waals surface area contributed by atoms with Crippen LogP contribution in [0.3, 0.4) is 0 Å². The quantitative estimate of drug-likeness (QED) is 0.347. The van der Waals surface area contributed by atoms with Crippen molar-refractivity contribution in [2.75, 3.05) is 13.0 Å². The second kappa shape index (κ2) is 7.33. The van der Waals surface area contributed by atoms with Gasteiger partial charge in [0, 0.05) is 23.0 Å². The standard InChI is InChI=1S/C21H19ClN2O5/c1-29-21(28)15-9-13-12-4-2-3-5-14(12)23-19(13)20(24(15)18(27)10-22)11-6-7-16(25)17(26)8-11/h2-8,15,20,23,25-26H,9-10H2,1H3/t15-,20+/m1/s1. The number of aromatic nitrogens is 1. The Balaban J connectivity index is 1.99. The molecule has 2 heterocycles. The van der Waals surface area contributed by atoms with Crippen LogP contribution in [0.5, 0.6) is 11.5 Å². The molecule has 0 spiro atoms. The highest BCUT2D eigenvalue weighted by Crippen LogP contribution is 2.42. The van der Waals surface area contributed by atoms with Crippen LogP contribution in [-0.2, 0) is 20.7 Å². The predicted octanol–water partition coefficient (Wildman–Crippen LogP) is 2.83. The van der Waals surface area contributed by atoms with Crippen LogP contribution in [0.1, 0.15) is 22.9 Å². The van der Waals surface area contributed by atoms with Gasteiger partial charge in [0.05, 0.1) is 13.2 Å². The van der Waals surface area contributed by atoms with E-state index in [4.69, 9.17) is 16.3 Å². The SMILES string of the molecule is COC(=O)[C@H]1Cc2c([nH]c3ccccc23)[C@H](c2ccc(O)c(O)c2)N1C(=O)CCl. The zero-order chi connectivity index (χ0) is 20.7. The topological polar surface area (TPSA) is 103 Å². The van der Waals surface area contributed by atoms with Crippen LogP contribution in [0.15, 0.2) is 42.5 Å². The molecule has 0 unspecified atom stereocenters. The summed E-state index contributed by atoms with van der Waals surface area (Å²) in [6, 6.07) is 10.4. The summed E-state index contributed by atoms with van der Waals surface area (Å²) in [5.41, 5.74) is 3.02. The number of phenols is 2. The molecule has 1 aromatic heterocycles. The van der Waals surface area contributed by atoms with Crippen molar-refractivity contribution in [3.63, 3.8) is 0 Å². The normalized spacial score (nSPS) is 18.5. The van der Waals surface area contributed by atoms with Crippen LogP contribution in [0.25, 0.3) is 10.9 Å². The van der Waals surface area contributed by atoms with E-state index in [9.17, 15) is 19.8 Å². The van der Waals surface area contributed by atoms with Crippen molar-refractivity contribution in [3.05, 3.63) is 59.3 Å². The molecule has 150 valence electrons. The van der Waals surface area contributed by atoms with Gasteiger partial charge in [0.15, 0.2) is 11.5 Å². The number of alkyl halides is 1. The van der Waals surface area contributed by atoms with Crippen molar-refractivity contribution >= 4 is 34.4 Å². The van der Waals surface area contributed by atoms with E-state index in [2.05, 4.69) is 4.98 Å². The number of carbonyl (C=O) groups excluding carboxylic acids is 2. The Labute approximate surface area is 171 Å². The Morgan fingerprint density at radius 3 is 2.66 bits per heavy atom. The lowest BCUT2D eigenvalue weighted by atomic mass is 9.87. The Bertz CT molecular complexity index is 1110. The van der Waals surface area contributed by atoms with E-state index in [-0.39, 0.29) is 23.8 Å². The predicted molar refractivity (Wildman–Crippen MR) is 107 cm³/mol. The van der Waals surface area contributed by atoms with Crippen molar-refractivity contribution in [2.45, 2.75) is 18.5 Å². The Hall–Kier alpha value is -3.19. The van der Waals surface area contributed by atoms with Crippen molar-refractivity contribution in [1.29, 1.82) is 0 Å². The van der Waals surface area contributed by atoms with Crippen LogP contribution in [0, 0.1) is 0 Å². The number of fused-ring (bicyclic) bond motifs is 3. The largest absolute Gasteiger partial charge is 0.504 e. The van der Waals surface area contributed by atoms with E-state index < -0.39 is 24.0 Å². The molecule has 0 bridgehead atoms. The number of nitrogens with one attached hydrogen (secondary N) is 1. The number of phenolic OH excluding ortho intramolecular Hbond substituents is 2. The minimum Gasteiger partial charge on any atom is -0.504 e. The molecule has 2 atom stereocenters. The summed E-state index contributed by atoms with van der Waals surface area (Å²) in [5.74, 6) is -1.90. The van der Waals surface area contributed by atoms with Gasteiger partial charge in [-0.25, -0.2) is 4.79 Å². The number of ether oxygens (including phenoxy) is 1. The average molecular weight is 415 g/mol. The molecule has 3 aromatic rings. The number of hydrogen-bond donors (Lipinski definition) is 3. The molecule has 8 heteroatoms. The summed E-state index contributed by atoms with van der Waals surface area (Å²) >= 11 is 5.87. The minimum absolute atomic E-state index is 0.273. The first-order valence-corrected chi connectivity index (χ1v) is 9.56. The van der Waals surface area contributed by atoms with E-state index >= 15 is 0 Å². The number of carbonyl (C=O) groups is 2. The molecule has 0 radical (unpaired) electrons. The molecule has 7 nitrogen and oxygen atoms in total. The molecule has 0 aliphatic carbocycles. The maximum Gasteiger partial charge on any atom is 0.328 e. The fraction of sp³-hybridized carbons (Fsp3) is 0.238. The lowest BCUT2D eigenvalue weighted by molar-refractivity contribution is -0.154. The van der Waals surface area contributed by atoms with Crippen LogP contribution < -0.4 is 0 Å². The number of hydrogen-bond acceptors (Lipinski definition) is 5. The maximum absolute atomic E-state index is 12.8. The molecular formula is C21H19ClN2O5. The van der Waals surface area contributed by atoms with Gasteiger partial charge in [0.1, 0.15) is 11.9 Å². The number of H-pyrrole nitrogens is 1. The van der Waals surface area contributed by atoms with Gasteiger partial charge in [-0.3, -0.25) is 4.79 Å². The second-order valence-electron chi connectivity index (χ2n) is 6.89. The summed E-state index contributed by atoms with van der Waals surface area (Å²) in [6.07, 6.45) is 0.273. The van der Waals surface area contributed by atoms with Crippen molar-refractivity contribution in [3.8, 4) is 11.5 Å². The summed E-state index contributed by atoms with van der Waals surface area (Å²) in [5, 5.41) is 20.7. The average Bonchev–Trinajstić information content (AvgIpc) is 3.11. The molecule has 1 aliphatic heterocycles. The number of amides is 1. The number of para-hydroxylation sites is 1. The number of aromatic hydroxyl groups is 2. The molecule has 2 aromatic carbocycles. The number of rotatable bonds is 3. The monoisotopic (exact) mass is 414 g/mol. The first-order valence-electron chi connectivity index (χ1n) is 9.02. The number of esters is 1. The minimum atomic E-state index is -0.876. The Morgan fingerprint density at radius 1 is 1.21 bits per heavy atom. The van der Waals surface area contributed by atoms with Gasteiger partial charge in [-0.1, -0.05) is 24.3 Å².